The zero-order valence-electron chi connectivity index (χ0n) is 18.0. The van der Waals surface area contributed by atoms with Crippen LogP contribution < -0.4 is 16.4 Å². The summed E-state index contributed by atoms with van der Waals surface area (Å²) < 4.78 is 4.86. The fourth-order valence-electron chi connectivity index (χ4n) is 3.62. The van der Waals surface area contributed by atoms with Gasteiger partial charge in [0.2, 0.25) is 5.91 Å². The van der Waals surface area contributed by atoms with Crippen LogP contribution in [0.5, 0.6) is 0 Å². The highest BCUT2D eigenvalue weighted by molar-refractivity contribution is 6.06. The fraction of sp³-hybridized carbons (Fsp3) is 0.545. The summed E-state index contributed by atoms with van der Waals surface area (Å²) in [6, 6.07) is 2.57. The number of ether oxygens (including phenoxy) is 1. The summed E-state index contributed by atoms with van der Waals surface area (Å²) >= 11 is 0. The monoisotopic (exact) mass is 417 g/mol. The van der Waals surface area contributed by atoms with Crippen LogP contribution in [-0.4, -0.2) is 36.2 Å². The number of carbonyl (C=O) groups is 4. The number of hydrogen-bond acceptors (Lipinski definition) is 6. The number of ketones is 2. The van der Waals surface area contributed by atoms with E-state index in [-0.39, 0.29) is 36.4 Å². The summed E-state index contributed by atoms with van der Waals surface area (Å²) in [6.07, 6.45) is 1.14. The van der Waals surface area contributed by atoms with Gasteiger partial charge in [0.25, 0.3) is 0 Å². The summed E-state index contributed by atoms with van der Waals surface area (Å²) in [5, 5.41) is 5.41. The van der Waals surface area contributed by atoms with Crippen molar-refractivity contribution in [2.75, 3.05) is 17.7 Å². The molecule has 1 aliphatic carbocycles. The predicted octanol–water partition coefficient (Wildman–Crippen LogP) is 3.09. The van der Waals surface area contributed by atoms with Crippen molar-refractivity contribution in [3.05, 3.63) is 23.3 Å². The van der Waals surface area contributed by atoms with Gasteiger partial charge in [-0.25, -0.2) is 4.79 Å². The zero-order valence-corrected chi connectivity index (χ0v) is 18.0. The van der Waals surface area contributed by atoms with Gasteiger partial charge in [-0.15, -0.1) is 0 Å². The van der Waals surface area contributed by atoms with Crippen molar-refractivity contribution in [1.82, 2.24) is 5.32 Å². The Kier molecular flexibility index (Phi) is 7.97. The SMILES string of the molecule is CCOC(=O)N[C@H](C(=O)C[C@@H](C)C(=O)Nc1ccc(N)c2c1CCCC2=O)C(C)C. The van der Waals surface area contributed by atoms with Gasteiger partial charge < -0.3 is 21.1 Å². The Labute approximate surface area is 176 Å². The van der Waals surface area contributed by atoms with E-state index >= 15 is 0 Å². The summed E-state index contributed by atoms with van der Waals surface area (Å²) in [5.41, 5.74) is 8.17. The van der Waals surface area contributed by atoms with Crippen LogP contribution >= 0.6 is 0 Å². The molecule has 0 bridgehead atoms. The molecule has 0 spiro atoms. The van der Waals surface area contributed by atoms with Crippen molar-refractivity contribution in [2.24, 2.45) is 11.8 Å². The average Bonchev–Trinajstić information content (AvgIpc) is 2.68. The number of nitrogens with two attached hydrogens (primary N) is 1. The third-order valence-corrected chi connectivity index (χ3v) is 5.23. The van der Waals surface area contributed by atoms with Crippen LogP contribution in [0.4, 0.5) is 16.2 Å². The summed E-state index contributed by atoms with van der Waals surface area (Å²) in [4.78, 5) is 49.4. The van der Waals surface area contributed by atoms with Crippen LogP contribution in [0.25, 0.3) is 0 Å². The van der Waals surface area contributed by atoms with Gasteiger partial charge in [-0.2, -0.15) is 0 Å². The molecule has 4 N–H and O–H groups in total. The second-order valence-electron chi connectivity index (χ2n) is 7.98. The molecule has 164 valence electrons. The Morgan fingerprint density at radius 1 is 1.17 bits per heavy atom. The molecule has 2 rings (SSSR count). The van der Waals surface area contributed by atoms with E-state index in [9.17, 15) is 19.2 Å². The predicted molar refractivity (Wildman–Crippen MR) is 114 cm³/mol. The molecular weight excluding hydrogens is 386 g/mol. The lowest BCUT2D eigenvalue weighted by Gasteiger charge is -2.23. The highest BCUT2D eigenvalue weighted by Gasteiger charge is 2.29. The molecule has 8 heteroatoms. The maximum Gasteiger partial charge on any atom is 0.407 e. The third-order valence-electron chi connectivity index (χ3n) is 5.23. The fourth-order valence-corrected chi connectivity index (χ4v) is 3.62. The number of anilines is 2. The molecule has 0 radical (unpaired) electrons. The first-order valence-electron chi connectivity index (χ1n) is 10.4. The maximum atomic E-state index is 12.7. The van der Waals surface area contributed by atoms with Gasteiger partial charge in [-0.1, -0.05) is 20.8 Å². The van der Waals surface area contributed by atoms with E-state index in [2.05, 4.69) is 10.6 Å². The first-order chi connectivity index (χ1) is 14.1. The van der Waals surface area contributed by atoms with Gasteiger partial charge in [0.15, 0.2) is 11.6 Å². The van der Waals surface area contributed by atoms with Crippen molar-refractivity contribution in [1.29, 1.82) is 0 Å². The molecule has 0 aliphatic heterocycles. The van der Waals surface area contributed by atoms with Crippen molar-refractivity contribution < 1.29 is 23.9 Å². The molecule has 2 atom stereocenters. The zero-order chi connectivity index (χ0) is 22.4. The van der Waals surface area contributed by atoms with Crippen molar-refractivity contribution in [3.63, 3.8) is 0 Å². The highest BCUT2D eigenvalue weighted by atomic mass is 16.5. The first kappa shape index (κ1) is 23.4. The standard InChI is InChI=1S/C22H31N3O5/c1-5-30-22(29)25-20(12(2)3)18(27)11-13(4)21(28)24-16-10-9-15(23)19-14(16)7-6-8-17(19)26/h9-10,12-13,20H,5-8,11,23H2,1-4H3,(H,24,28)(H,25,29)/t13-,20+/m1/s1. The Balaban J connectivity index is 2.07. The molecule has 0 saturated heterocycles. The quantitative estimate of drug-likeness (QED) is 0.558. The molecule has 0 heterocycles. The third kappa shape index (κ3) is 5.58. The molecule has 30 heavy (non-hydrogen) atoms. The Morgan fingerprint density at radius 2 is 1.87 bits per heavy atom. The second-order valence-corrected chi connectivity index (χ2v) is 7.98. The van der Waals surface area contributed by atoms with Crippen LogP contribution in [0.3, 0.4) is 0 Å². The van der Waals surface area contributed by atoms with Crippen molar-refractivity contribution in [3.8, 4) is 0 Å². The number of nitrogen functional groups attached to an aromatic ring is 1. The van der Waals surface area contributed by atoms with E-state index in [1.54, 1.807) is 26.0 Å². The minimum atomic E-state index is -0.735. The lowest BCUT2D eigenvalue weighted by atomic mass is 9.88. The number of fused-ring (bicyclic) bond motifs is 1. The molecule has 1 aliphatic rings. The minimum absolute atomic E-state index is 0.0158. The van der Waals surface area contributed by atoms with Crippen LogP contribution in [0.15, 0.2) is 12.1 Å². The van der Waals surface area contributed by atoms with E-state index in [0.717, 1.165) is 5.56 Å². The van der Waals surface area contributed by atoms with Gasteiger partial charge in [-0.05, 0) is 43.4 Å². The topological polar surface area (TPSA) is 128 Å². The second kappa shape index (κ2) is 10.2. The number of amides is 2. The van der Waals surface area contributed by atoms with E-state index in [0.29, 0.717) is 36.2 Å². The summed E-state index contributed by atoms with van der Waals surface area (Å²) in [6.45, 7) is 7.18. The van der Waals surface area contributed by atoms with Crippen molar-refractivity contribution >= 4 is 34.9 Å². The first-order valence-corrected chi connectivity index (χ1v) is 10.4. The lowest BCUT2D eigenvalue weighted by molar-refractivity contribution is -0.127. The van der Waals surface area contributed by atoms with Crippen LogP contribution in [0.1, 0.15) is 62.9 Å². The van der Waals surface area contributed by atoms with Crippen LogP contribution in [-0.2, 0) is 20.7 Å². The number of nitrogens with one attached hydrogen (secondary N) is 2. The number of benzene rings is 1. The molecule has 0 saturated carbocycles. The molecule has 8 nitrogen and oxygen atoms in total. The molecule has 1 aromatic carbocycles. The van der Waals surface area contributed by atoms with Crippen LogP contribution in [0.2, 0.25) is 0 Å². The Hall–Kier alpha value is -2.90. The Morgan fingerprint density at radius 3 is 2.50 bits per heavy atom. The number of rotatable bonds is 8. The summed E-state index contributed by atoms with van der Waals surface area (Å²) in [5.74, 6) is -1.34. The van der Waals surface area contributed by atoms with Crippen molar-refractivity contribution in [2.45, 2.75) is 59.4 Å². The number of hydrogen-bond donors (Lipinski definition) is 3. The molecule has 1 aromatic rings. The Bertz CT molecular complexity index is 834. The van der Waals surface area contributed by atoms with E-state index in [4.69, 9.17) is 10.5 Å². The maximum absolute atomic E-state index is 12.7. The lowest BCUT2D eigenvalue weighted by Crippen LogP contribution is -2.45. The largest absolute Gasteiger partial charge is 0.450 e. The molecule has 0 aromatic heterocycles. The molecule has 0 fully saturated rings. The van der Waals surface area contributed by atoms with E-state index in [1.165, 1.54) is 0 Å². The van der Waals surface area contributed by atoms with Gasteiger partial charge in [-0.3, -0.25) is 14.4 Å². The minimum Gasteiger partial charge on any atom is -0.450 e. The molecule has 2 amide bonds. The number of carbonyl (C=O) groups excluding carboxylic acids is 4. The van der Waals surface area contributed by atoms with Gasteiger partial charge in [0, 0.05) is 35.7 Å². The number of Topliss-reactive ketones (excluding diaryl/α,β-unsaturated/α-hetero) is 2. The summed E-state index contributed by atoms with van der Waals surface area (Å²) in [7, 11) is 0. The molecule has 0 unspecified atom stereocenters. The highest BCUT2D eigenvalue weighted by Crippen LogP contribution is 2.32. The van der Waals surface area contributed by atoms with E-state index in [1.807, 2.05) is 13.8 Å². The van der Waals surface area contributed by atoms with Gasteiger partial charge in [0.1, 0.15) is 0 Å². The normalized spacial score (nSPS) is 15.2. The van der Waals surface area contributed by atoms with Gasteiger partial charge >= 0.3 is 6.09 Å². The van der Waals surface area contributed by atoms with Crippen LogP contribution in [0, 0.1) is 11.8 Å². The number of alkyl carbamates (subject to hydrolysis) is 1. The average molecular weight is 418 g/mol. The molecular formula is C22H31N3O5. The smallest absolute Gasteiger partial charge is 0.407 e. The van der Waals surface area contributed by atoms with Gasteiger partial charge in [0.05, 0.1) is 12.6 Å². The van der Waals surface area contributed by atoms with E-state index < -0.39 is 18.1 Å².